The van der Waals surface area contributed by atoms with E-state index in [9.17, 15) is 4.79 Å². The van der Waals surface area contributed by atoms with Gasteiger partial charge in [-0.05, 0) is 29.6 Å². The third-order valence-electron chi connectivity index (χ3n) is 4.42. The smallest absolute Gasteiger partial charge is 0.317 e. The molecule has 8 heteroatoms. The topological polar surface area (TPSA) is 57.7 Å². The Morgan fingerprint density at radius 1 is 1.27 bits per heavy atom. The highest BCUT2D eigenvalue weighted by Gasteiger charge is 2.23. The van der Waals surface area contributed by atoms with Gasteiger partial charge in [-0.2, -0.15) is 0 Å². The van der Waals surface area contributed by atoms with Crippen LogP contribution in [0.4, 0.5) is 9.93 Å². The van der Waals surface area contributed by atoms with Crippen molar-refractivity contribution in [3.8, 4) is 5.75 Å². The number of hydrogen-bond acceptors (Lipinski definition) is 6. The molecule has 1 saturated heterocycles. The lowest BCUT2D eigenvalue weighted by atomic mass is 10.3. The highest BCUT2D eigenvalue weighted by Crippen LogP contribution is 2.31. The minimum atomic E-state index is 0.00656. The average Bonchev–Trinajstić information content (AvgIpc) is 3.35. The Morgan fingerprint density at radius 3 is 2.85 bits per heavy atom. The highest BCUT2D eigenvalue weighted by molar-refractivity contribution is 7.22. The monoisotopic (exact) mass is 388 g/mol. The molecule has 0 saturated carbocycles. The van der Waals surface area contributed by atoms with Crippen LogP contribution in [0.5, 0.6) is 5.75 Å². The van der Waals surface area contributed by atoms with Gasteiger partial charge in [0.1, 0.15) is 5.75 Å². The van der Waals surface area contributed by atoms with E-state index in [0.29, 0.717) is 19.6 Å². The van der Waals surface area contributed by atoms with Gasteiger partial charge in [0.05, 0.1) is 23.9 Å². The van der Waals surface area contributed by atoms with E-state index >= 15 is 0 Å². The minimum Gasteiger partial charge on any atom is -0.497 e. The van der Waals surface area contributed by atoms with Gasteiger partial charge in [0.2, 0.25) is 0 Å². The molecule has 0 spiro atoms. The Kier molecular flexibility index (Phi) is 4.94. The Labute approximate surface area is 160 Å². The van der Waals surface area contributed by atoms with E-state index in [1.165, 1.54) is 4.88 Å². The fourth-order valence-electron chi connectivity index (χ4n) is 2.94. The first-order valence-corrected chi connectivity index (χ1v) is 10.2. The van der Waals surface area contributed by atoms with Gasteiger partial charge < -0.3 is 19.9 Å². The van der Waals surface area contributed by atoms with Crippen LogP contribution in [0.3, 0.4) is 0 Å². The summed E-state index contributed by atoms with van der Waals surface area (Å²) in [6, 6.07) is 9.98. The van der Waals surface area contributed by atoms with E-state index in [1.54, 1.807) is 29.8 Å². The normalized spacial score (nSPS) is 14.7. The number of rotatable bonds is 4. The van der Waals surface area contributed by atoms with E-state index in [2.05, 4.69) is 10.2 Å². The number of fused-ring (bicyclic) bond motifs is 1. The third kappa shape index (κ3) is 3.61. The number of methoxy groups -OCH3 is 1. The summed E-state index contributed by atoms with van der Waals surface area (Å²) in [7, 11) is 1.67. The Morgan fingerprint density at radius 2 is 2.12 bits per heavy atom. The Bertz CT molecular complexity index is 886. The van der Waals surface area contributed by atoms with E-state index in [1.807, 2.05) is 40.6 Å². The molecule has 3 heterocycles. The number of piperazine rings is 1. The Balaban J connectivity index is 1.35. The van der Waals surface area contributed by atoms with Crippen molar-refractivity contribution in [3.05, 3.63) is 40.6 Å². The van der Waals surface area contributed by atoms with Gasteiger partial charge in [-0.1, -0.05) is 17.4 Å². The predicted octanol–water partition coefficient (Wildman–Crippen LogP) is 3.40. The number of benzene rings is 1. The van der Waals surface area contributed by atoms with Crippen LogP contribution in [0.25, 0.3) is 10.2 Å². The van der Waals surface area contributed by atoms with E-state index in [4.69, 9.17) is 9.72 Å². The van der Waals surface area contributed by atoms with Crippen molar-refractivity contribution in [1.82, 2.24) is 15.2 Å². The molecule has 1 fully saturated rings. The maximum Gasteiger partial charge on any atom is 0.317 e. The molecule has 136 valence electrons. The number of aromatic nitrogens is 1. The van der Waals surface area contributed by atoms with Gasteiger partial charge in [0.15, 0.2) is 5.13 Å². The van der Waals surface area contributed by atoms with E-state index < -0.39 is 0 Å². The van der Waals surface area contributed by atoms with Crippen molar-refractivity contribution in [3.63, 3.8) is 0 Å². The van der Waals surface area contributed by atoms with Crippen LogP contribution in [-0.4, -0.2) is 49.2 Å². The fourth-order valence-corrected chi connectivity index (χ4v) is 4.63. The lowest BCUT2D eigenvalue weighted by molar-refractivity contribution is 0.194. The van der Waals surface area contributed by atoms with Crippen LogP contribution in [0.15, 0.2) is 35.7 Å². The molecule has 2 amide bonds. The van der Waals surface area contributed by atoms with Crippen molar-refractivity contribution in [2.24, 2.45) is 0 Å². The summed E-state index contributed by atoms with van der Waals surface area (Å²) < 4.78 is 6.40. The van der Waals surface area contributed by atoms with Crippen LogP contribution < -0.4 is 15.0 Å². The SMILES string of the molecule is COc1ccc2nc(N3CCN(C(=O)NCc4cccs4)CC3)sc2c1. The summed E-state index contributed by atoms with van der Waals surface area (Å²) in [6.45, 7) is 3.59. The van der Waals surface area contributed by atoms with E-state index in [-0.39, 0.29) is 6.03 Å². The van der Waals surface area contributed by atoms with Crippen LogP contribution >= 0.6 is 22.7 Å². The fraction of sp³-hybridized carbons (Fsp3) is 0.333. The van der Waals surface area contributed by atoms with Crippen LogP contribution in [0, 0.1) is 0 Å². The third-order valence-corrected chi connectivity index (χ3v) is 6.37. The standard InChI is InChI=1S/C18H20N4O2S2/c1-24-13-4-5-15-16(11-13)26-18(20-15)22-8-6-21(7-9-22)17(23)19-12-14-3-2-10-25-14/h2-5,10-11H,6-9,12H2,1H3,(H,19,23). The molecule has 26 heavy (non-hydrogen) atoms. The van der Waals surface area contributed by atoms with Crippen LogP contribution in [0.2, 0.25) is 0 Å². The molecule has 0 unspecified atom stereocenters. The molecule has 0 radical (unpaired) electrons. The highest BCUT2D eigenvalue weighted by atomic mass is 32.1. The van der Waals surface area contributed by atoms with Gasteiger partial charge in [-0.15, -0.1) is 11.3 Å². The molecule has 2 aromatic heterocycles. The molecule has 1 aliphatic rings. The number of carbonyl (C=O) groups is 1. The first-order chi connectivity index (χ1) is 12.7. The predicted molar refractivity (Wildman–Crippen MR) is 107 cm³/mol. The molecular formula is C18H20N4O2S2. The maximum absolute atomic E-state index is 12.3. The molecular weight excluding hydrogens is 368 g/mol. The van der Waals surface area contributed by atoms with Crippen molar-refractivity contribution in [1.29, 1.82) is 0 Å². The molecule has 1 aliphatic heterocycles. The number of hydrogen-bond donors (Lipinski definition) is 1. The quantitative estimate of drug-likeness (QED) is 0.744. The van der Waals surface area contributed by atoms with Gasteiger partial charge in [-0.25, -0.2) is 9.78 Å². The van der Waals surface area contributed by atoms with Crippen LogP contribution in [0.1, 0.15) is 4.88 Å². The number of ether oxygens (including phenoxy) is 1. The summed E-state index contributed by atoms with van der Waals surface area (Å²) in [5, 5.41) is 6.02. The summed E-state index contributed by atoms with van der Waals surface area (Å²) in [4.78, 5) is 22.3. The molecule has 1 aromatic carbocycles. The number of thiophene rings is 1. The number of carbonyl (C=O) groups excluding carboxylic acids is 1. The summed E-state index contributed by atoms with van der Waals surface area (Å²) in [6.07, 6.45) is 0. The second-order valence-electron chi connectivity index (χ2n) is 6.04. The van der Waals surface area contributed by atoms with Gasteiger partial charge >= 0.3 is 6.03 Å². The van der Waals surface area contributed by atoms with Crippen molar-refractivity contribution in [2.75, 3.05) is 38.2 Å². The number of urea groups is 1. The second-order valence-corrected chi connectivity index (χ2v) is 8.08. The summed E-state index contributed by atoms with van der Waals surface area (Å²) in [5.41, 5.74) is 0.988. The van der Waals surface area contributed by atoms with Gasteiger partial charge in [-0.3, -0.25) is 0 Å². The zero-order valence-corrected chi connectivity index (χ0v) is 16.1. The first kappa shape index (κ1) is 17.1. The molecule has 0 bridgehead atoms. The zero-order chi connectivity index (χ0) is 17.9. The minimum absolute atomic E-state index is 0.00656. The number of amides is 2. The molecule has 4 rings (SSSR count). The molecule has 3 aromatic rings. The average molecular weight is 389 g/mol. The molecule has 6 nitrogen and oxygen atoms in total. The second kappa shape index (κ2) is 7.51. The van der Waals surface area contributed by atoms with Gasteiger partial charge in [0.25, 0.3) is 0 Å². The zero-order valence-electron chi connectivity index (χ0n) is 14.5. The Hall–Kier alpha value is -2.32. The summed E-state index contributed by atoms with van der Waals surface area (Å²) >= 11 is 3.33. The van der Waals surface area contributed by atoms with Crippen molar-refractivity contribution < 1.29 is 9.53 Å². The number of thiazole rings is 1. The number of anilines is 1. The van der Waals surface area contributed by atoms with Crippen molar-refractivity contribution in [2.45, 2.75) is 6.54 Å². The first-order valence-electron chi connectivity index (χ1n) is 8.47. The molecule has 0 atom stereocenters. The lowest BCUT2D eigenvalue weighted by Crippen LogP contribution is -2.51. The number of nitrogens with one attached hydrogen (secondary N) is 1. The number of nitrogens with zero attached hydrogens (tertiary/aromatic N) is 3. The van der Waals surface area contributed by atoms with Crippen molar-refractivity contribution >= 4 is 44.1 Å². The summed E-state index contributed by atoms with van der Waals surface area (Å²) in [5.74, 6) is 0.847. The van der Waals surface area contributed by atoms with E-state index in [0.717, 1.165) is 34.2 Å². The largest absolute Gasteiger partial charge is 0.497 e. The molecule has 1 N–H and O–H groups in total. The maximum atomic E-state index is 12.3. The van der Waals surface area contributed by atoms with Crippen LogP contribution in [-0.2, 0) is 6.54 Å². The van der Waals surface area contributed by atoms with Gasteiger partial charge in [0, 0.05) is 31.1 Å². The molecule has 0 aliphatic carbocycles. The lowest BCUT2D eigenvalue weighted by Gasteiger charge is -2.34.